The van der Waals surface area contributed by atoms with E-state index in [0.29, 0.717) is 5.56 Å². The molecule has 2 rings (SSSR count). The lowest BCUT2D eigenvalue weighted by Gasteiger charge is -2.27. The molecule has 6 nitrogen and oxygen atoms in total. The minimum absolute atomic E-state index is 0.115. The highest BCUT2D eigenvalue weighted by molar-refractivity contribution is 6.05. The van der Waals surface area contributed by atoms with Gasteiger partial charge in [0.15, 0.2) is 0 Å². The van der Waals surface area contributed by atoms with Gasteiger partial charge in [0, 0.05) is 24.7 Å². The molecule has 19 heavy (non-hydrogen) atoms. The summed E-state index contributed by atoms with van der Waals surface area (Å²) in [6.45, 7) is 1.53. The zero-order valence-corrected chi connectivity index (χ0v) is 10.7. The van der Waals surface area contributed by atoms with Crippen molar-refractivity contribution in [2.24, 2.45) is 16.6 Å². The molecule has 0 atom stereocenters. The highest BCUT2D eigenvalue weighted by Gasteiger charge is 2.15. The van der Waals surface area contributed by atoms with Crippen molar-refractivity contribution >= 4 is 11.9 Å². The molecule has 0 bridgehead atoms. The van der Waals surface area contributed by atoms with E-state index in [0.717, 1.165) is 25.9 Å². The van der Waals surface area contributed by atoms with E-state index < -0.39 is 0 Å². The Hall–Kier alpha value is -2.08. The summed E-state index contributed by atoms with van der Waals surface area (Å²) in [4.78, 5) is 11.8. The van der Waals surface area contributed by atoms with E-state index in [1.807, 2.05) is 11.1 Å². The first-order valence-electron chi connectivity index (χ1n) is 6.36. The Morgan fingerprint density at radius 2 is 1.89 bits per heavy atom. The van der Waals surface area contributed by atoms with E-state index in [1.54, 1.807) is 24.3 Å². The van der Waals surface area contributed by atoms with Crippen molar-refractivity contribution in [2.75, 3.05) is 13.1 Å². The van der Waals surface area contributed by atoms with Crippen molar-refractivity contribution < 1.29 is 4.79 Å². The van der Waals surface area contributed by atoms with Crippen LogP contribution in [-0.4, -0.2) is 36.0 Å². The Morgan fingerprint density at radius 3 is 2.53 bits per heavy atom. The van der Waals surface area contributed by atoms with Crippen LogP contribution in [0, 0.1) is 0 Å². The third-order valence-electron chi connectivity index (χ3n) is 3.04. The Labute approximate surface area is 112 Å². The summed E-state index contributed by atoms with van der Waals surface area (Å²) in [6.07, 6.45) is 1.78. The van der Waals surface area contributed by atoms with Gasteiger partial charge in [-0.25, -0.2) is 0 Å². The first-order chi connectivity index (χ1) is 9.15. The van der Waals surface area contributed by atoms with Crippen LogP contribution in [0.4, 0.5) is 0 Å². The number of hydrazone groups is 1. The van der Waals surface area contributed by atoms with E-state index in [9.17, 15) is 4.79 Å². The lowest BCUT2D eigenvalue weighted by molar-refractivity contribution is 0.0975. The standard InChI is InChI=1S/C13H19N5O/c14-11-6-8-18(9-7-11)17-13(15)16-12(19)10-4-2-1-3-5-10/h1-5,11H,6-9,14H2,(H3,15,16,17,19). The molecule has 1 aliphatic heterocycles. The number of carbonyl (C=O) groups is 1. The monoisotopic (exact) mass is 261 g/mol. The lowest BCUT2D eigenvalue weighted by Crippen LogP contribution is -2.42. The van der Waals surface area contributed by atoms with Gasteiger partial charge in [0.25, 0.3) is 5.91 Å². The third-order valence-corrected chi connectivity index (χ3v) is 3.04. The first kappa shape index (κ1) is 13.4. The van der Waals surface area contributed by atoms with E-state index in [1.165, 1.54) is 0 Å². The summed E-state index contributed by atoms with van der Waals surface area (Å²) in [7, 11) is 0. The van der Waals surface area contributed by atoms with Crippen LogP contribution >= 0.6 is 0 Å². The Bertz CT molecular complexity index is 451. The fraction of sp³-hybridized carbons (Fsp3) is 0.385. The van der Waals surface area contributed by atoms with Gasteiger partial charge in [-0.1, -0.05) is 18.2 Å². The molecule has 1 aromatic carbocycles. The van der Waals surface area contributed by atoms with Gasteiger partial charge < -0.3 is 11.5 Å². The van der Waals surface area contributed by atoms with E-state index >= 15 is 0 Å². The molecule has 102 valence electrons. The molecule has 1 aliphatic rings. The van der Waals surface area contributed by atoms with Crippen molar-refractivity contribution in [3.05, 3.63) is 35.9 Å². The van der Waals surface area contributed by atoms with Crippen LogP contribution in [0.25, 0.3) is 0 Å². The maximum atomic E-state index is 11.8. The number of hydrogen-bond donors (Lipinski definition) is 3. The highest BCUT2D eigenvalue weighted by atomic mass is 16.1. The molecular formula is C13H19N5O. The van der Waals surface area contributed by atoms with Gasteiger partial charge in [-0.15, -0.1) is 5.10 Å². The molecule has 1 heterocycles. The smallest absolute Gasteiger partial charge is 0.257 e. The second-order valence-corrected chi connectivity index (χ2v) is 4.60. The Morgan fingerprint density at radius 1 is 1.26 bits per heavy atom. The summed E-state index contributed by atoms with van der Waals surface area (Å²) in [5.74, 6) is -0.139. The van der Waals surface area contributed by atoms with Crippen LogP contribution in [0.5, 0.6) is 0 Å². The third kappa shape index (κ3) is 3.96. The summed E-state index contributed by atoms with van der Waals surface area (Å²) < 4.78 is 0. The number of nitrogens with one attached hydrogen (secondary N) is 1. The molecule has 0 spiro atoms. The van der Waals surface area contributed by atoms with E-state index in [4.69, 9.17) is 11.5 Å². The molecule has 5 N–H and O–H groups in total. The SMILES string of the molecule is NC(=NN1CCC(N)CC1)NC(=O)c1ccccc1. The zero-order chi connectivity index (χ0) is 13.7. The van der Waals surface area contributed by atoms with Crippen LogP contribution < -0.4 is 16.8 Å². The van der Waals surface area contributed by atoms with Crippen LogP contribution in [0.2, 0.25) is 0 Å². The minimum Gasteiger partial charge on any atom is -0.368 e. The van der Waals surface area contributed by atoms with Crippen molar-refractivity contribution in [1.29, 1.82) is 0 Å². The molecular weight excluding hydrogens is 242 g/mol. The molecule has 0 saturated carbocycles. The topological polar surface area (TPSA) is 96.7 Å². The van der Waals surface area contributed by atoms with Gasteiger partial charge in [0.05, 0.1) is 0 Å². The lowest BCUT2D eigenvalue weighted by atomic mass is 10.1. The predicted molar refractivity (Wildman–Crippen MR) is 74.3 cm³/mol. The van der Waals surface area contributed by atoms with E-state index in [-0.39, 0.29) is 17.9 Å². The number of benzene rings is 1. The normalized spacial score (nSPS) is 17.3. The summed E-state index contributed by atoms with van der Waals surface area (Å²) >= 11 is 0. The first-order valence-corrected chi connectivity index (χ1v) is 6.36. The second kappa shape index (κ2) is 6.19. The predicted octanol–water partition coefficient (Wildman–Crippen LogP) is 0.0692. The molecule has 1 fully saturated rings. The molecule has 0 unspecified atom stereocenters. The maximum absolute atomic E-state index is 11.8. The minimum atomic E-state index is -0.254. The summed E-state index contributed by atoms with van der Waals surface area (Å²) in [5.41, 5.74) is 12.1. The molecule has 1 amide bonds. The highest BCUT2D eigenvalue weighted by Crippen LogP contribution is 2.07. The molecule has 1 saturated heterocycles. The maximum Gasteiger partial charge on any atom is 0.257 e. The molecule has 0 radical (unpaired) electrons. The van der Waals surface area contributed by atoms with Crippen molar-refractivity contribution in [2.45, 2.75) is 18.9 Å². The van der Waals surface area contributed by atoms with Crippen molar-refractivity contribution in [3.8, 4) is 0 Å². The average molecular weight is 261 g/mol. The molecule has 0 aliphatic carbocycles. The Balaban J connectivity index is 1.90. The number of guanidine groups is 1. The summed E-state index contributed by atoms with van der Waals surface area (Å²) in [6, 6.07) is 9.14. The number of piperidine rings is 1. The fourth-order valence-electron chi connectivity index (χ4n) is 1.94. The number of nitrogens with two attached hydrogens (primary N) is 2. The van der Waals surface area contributed by atoms with Gasteiger partial charge in [0.1, 0.15) is 0 Å². The fourth-order valence-corrected chi connectivity index (χ4v) is 1.94. The number of hydrogen-bond acceptors (Lipinski definition) is 4. The van der Waals surface area contributed by atoms with E-state index in [2.05, 4.69) is 10.4 Å². The second-order valence-electron chi connectivity index (χ2n) is 4.60. The van der Waals surface area contributed by atoms with Crippen LogP contribution in [0.1, 0.15) is 23.2 Å². The largest absolute Gasteiger partial charge is 0.368 e. The Kier molecular flexibility index (Phi) is 4.35. The number of carbonyl (C=O) groups excluding carboxylic acids is 1. The van der Waals surface area contributed by atoms with Gasteiger partial charge in [-0.05, 0) is 25.0 Å². The number of nitrogens with zero attached hydrogens (tertiary/aromatic N) is 2. The van der Waals surface area contributed by atoms with Gasteiger partial charge in [-0.3, -0.25) is 15.1 Å². The number of rotatable bonds is 2. The van der Waals surface area contributed by atoms with Gasteiger partial charge in [-0.2, -0.15) is 0 Å². The molecule has 1 aromatic rings. The van der Waals surface area contributed by atoms with Gasteiger partial charge >= 0.3 is 0 Å². The molecule has 0 aromatic heterocycles. The van der Waals surface area contributed by atoms with Gasteiger partial charge in [0.2, 0.25) is 5.96 Å². The van der Waals surface area contributed by atoms with Crippen LogP contribution in [0.15, 0.2) is 35.4 Å². The molecule has 6 heteroatoms. The number of amides is 1. The quantitative estimate of drug-likeness (QED) is 0.518. The van der Waals surface area contributed by atoms with Crippen molar-refractivity contribution in [3.63, 3.8) is 0 Å². The summed E-state index contributed by atoms with van der Waals surface area (Å²) in [5, 5.41) is 8.58. The van der Waals surface area contributed by atoms with Crippen molar-refractivity contribution in [1.82, 2.24) is 10.3 Å². The van der Waals surface area contributed by atoms with Crippen LogP contribution in [0.3, 0.4) is 0 Å². The van der Waals surface area contributed by atoms with Crippen LogP contribution in [-0.2, 0) is 0 Å². The average Bonchev–Trinajstić information content (AvgIpc) is 2.42. The zero-order valence-electron chi connectivity index (χ0n) is 10.7.